The Kier molecular flexibility index (Phi) is 11.4. The molecule has 1 aromatic carbocycles. The fourth-order valence-corrected chi connectivity index (χ4v) is 3.57. The van der Waals surface area contributed by atoms with Crippen LogP contribution in [0.15, 0.2) is 18.2 Å². The minimum absolute atomic E-state index is 0.0455. The lowest BCUT2D eigenvalue weighted by Crippen LogP contribution is -2.32. The zero-order chi connectivity index (χ0) is 20.1. The van der Waals surface area contributed by atoms with Gasteiger partial charge < -0.3 is 4.74 Å². The molecule has 0 saturated heterocycles. The summed E-state index contributed by atoms with van der Waals surface area (Å²) in [7, 11) is 0. The van der Waals surface area contributed by atoms with E-state index in [0.717, 1.165) is 25.7 Å². The van der Waals surface area contributed by atoms with E-state index >= 15 is 0 Å². The largest absolute Gasteiger partial charge is 0.426 e. The first-order valence-electron chi connectivity index (χ1n) is 11.2. The standard InChI is InChI=1S/C25H42O2/c1-6-8-10-12-13-15-19-25(5,18-14-11-9-7-2)24(26)27-23-17-16-21(3)22(4)20-23/h16-17,20H,6-15,18-19H2,1-5H3. The van der Waals surface area contributed by atoms with E-state index in [0.29, 0.717) is 5.75 Å². The van der Waals surface area contributed by atoms with Crippen molar-refractivity contribution in [3.63, 3.8) is 0 Å². The predicted octanol–water partition coefficient (Wildman–Crippen LogP) is 7.94. The highest BCUT2D eigenvalue weighted by Gasteiger charge is 2.34. The monoisotopic (exact) mass is 374 g/mol. The number of hydrogen-bond donors (Lipinski definition) is 0. The van der Waals surface area contributed by atoms with Crippen molar-refractivity contribution in [3.8, 4) is 5.75 Å². The molecule has 154 valence electrons. The molecule has 27 heavy (non-hydrogen) atoms. The maximum absolute atomic E-state index is 13.0. The van der Waals surface area contributed by atoms with Crippen LogP contribution in [-0.4, -0.2) is 5.97 Å². The van der Waals surface area contributed by atoms with E-state index in [1.54, 1.807) is 0 Å². The second kappa shape index (κ2) is 13.0. The van der Waals surface area contributed by atoms with Crippen LogP contribution in [0.25, 0.3) is 0 Å². The van der Waals surface area contributed by atoms with Gasteiger partial charge in [-0.3, -0.25) is 4.79 Å². The van der Waals surface area contributed by atoms with E-state index < -0.39 is 0 Å². The van der Waals surface area contributed by atoms with Gasteiger partial charge in [0.15, 0.2) is 0 Å². The first-order chi connectivity index (χ1) is 12.9. The van der Waals surface area contributed by atoms with Gasteiger partial charge in [-0.25, -0.2) is 0 Å². The zero-order valence-electron chi connectivity index (χ0n) is 18.5. The number of rotatable bonds is 14. The topological polar surface area (TPSA) is 26.3 Å². The summed E-state index contributed by atoms with van der Waals surface area (Å²) >= 11 is 0. The van der Waals surface area contributed by atoms with E-state index in [4.69, 9.17) is 4.74 Å². The van der Waals surface area contributed by atoms with Gasteiger partial charge in [-0.2, -0.15) is 0 Å². The molecule has 1 atom stereocenters. The van der Waals surface area contributed by atoms with Crippen molar-refractivity contribution in [3.05, 3.63) is 29.3 Å². The lowest BCUT2D eigenvalue weighted by Gasteiger charge is -2.27. The number of esters is 1. The van der Waals surface area contributed by atoms with E-state index in [2.05, 4.69) is 34.6 Å². The molecule has 1 rings (SSSR count). The molecular formula is C25H42O2. The zero-order valence-corrected chi connectivity index (χ0v) is 18.5. The SMILES string of the molecule is CCCCCCCCC(C)(CCCCCC)C(=O)Oc1ccc(C)c(C)c1. The van der Waals surface area contributed by atoms with Crippen molar-refractivity contribution in [2.45, 2.75) is 112 Å². The average Bonchev–Trinajstić information content (AvgIpc) is 2.64. The fourth-order valence-electron chi connectivity index (χ4n) is 3.57. The lowest BCUT2D eigenvalue weighted by molar-refractivity contribution is -0.146. The Morgan fingerprint density at radius 3 is 1.89 bits per heavy atom. The van der Waals surface area contributed by atoms with Gasteiger partial charge in [0.2, 0.25) is 0 Å². The fraction of sp³-hybridized carbons (Fsp3) is 0.720. The van der Waals surface area contributed by atoms with Crippen molar-refractivity contribution in [1.29, 1.82) is 0 Å². The van der Waals surface area contributed by atoms with E-state index in [-0.39, 0.29) is 11.4 Å². The highest BCUT2D eigenvalue weighted by molar-refractivity contribution is 5.78. The Balaban J connectivity index is 2.66. The van der Waals surface area contributed by atoms with Crippen LogP contribution in [0.4, 0.5) is 0 Å². The molecule has 1 unspecified atom stereocenters. The third-order valence-corrected chi connectivity index (χ3v) is 5.85. The van der Waals surface area contributed by atoms with Crippen molar-refractivity contribution in [1.82, 2.24) is 0 Å². The van der Waals surface area contributed by atoms with Crippen LogP contribution < -0.4 is 4.74 Å². The molecule has 0 bridgehead atoms. The molecule has 0 aliphatic rings. The molecule has 0 radical (unpaired) electrons. The number of ether oxygens (including phenoxy) is 1. The first kappa shape index (κ1) is 23.7. The van der Waals surface area contributed by atoms with E-state index in [1.807, 2.05) is 18.2 Å². The van der Waals surface area contributed by atoms with Crippen LogP contribution in [0.1, 0.15) is 109 Å². The third-order valence-electron chi connectivity index (χ3n) is 5.85. The van der Waals surface area contributed by atoms with Gasteiger partial charge in [0.1, 0.15) is 5.75 Å². The minimum atomic E-state index is -0.364. The molecule has 0 saturated carbocycles. The predicted molar refractivity (Wildman–Crippen MR) is 116 cm³/mol. The van der Waals surface area contributed by atoms with Gasteiger partial charge in [0.05, 0.1) is 5.41 Å². The highest BCUT2D eigenvalue weighted by Crippen LogP contribution is 2.34. The normalized spacial score (nSPS) is 13.4. The van der Waals surface area contributed by atoms with Crippen LogP contribution in [0.5, 0.6) is 5.75 Å². The molecule has 0 fully saturated rings. The van der Waals surface area contributed by atoms with Gasteiger partial charge >= 0.3 is 5.97 Å². The number of benzene rings is 1. The maximum Gasteiger partial charge on any atom is 0.317 e. The molecule has 0 aliphatic heterocycles. The number of hydrogen-bond acceptors (Lipinski definition) is 2. The molecule has 1 aromatic rings. The summed E-state index contributed by atoms with van der Waals surface area (Å²) in [6, 6.07) is 5.93. The molecule has 0 amide bonds. The van der Waals surface area contributed by atoms with Crippen LogP contribution in [0.2, 0.25) is 0 Å². The Labute approximate surface area is 168 Å². The number of aryl methyl sites for hydroxylation is 2. The first-order valence-corrected chi connectivity index (χ1v) is 11.2. The number of unbranched alkanes of at least 4 members (excludes halogenated alkanes) is 8. The summed E-state index contributed by atoms with van der Waals surface area (Å²) in [5.74, 6) is 0.640. The second-order valence-electron chi connectivity index (χ2n) is 8.52. The van der Waals surface area contributed by atoms with Crippen LogP contribution >= 0.6 is 0 Å². The number of carbonyl (C=O) groups excluding carboxylic acids is 1. The Hall–Kier alpha value is -1.31. The average molecular weight is 375 g/mol. The minimum Gasteiger partial charge on any atom is -0.426 e. The summed E-state index contributed by atoms with van der Waals surface area (Å²) in [6.45, 7) is 10.7. The van der Waals surface area contributed by atoms with Gasteiger partial charge in [-0.15, -0.1) is 0 Å². The van der Waals surface area contributed by atoms with Gasteiger partial charge in [0, 0.05) is 0 Å². The molecular weight excluding hydrogens is 332 g/mol. The molecule has 0 N–H and O–H groups in total. The Morgan fingerprint density at radius 2 is 1.33 bits per heavy atom. The van der Waals surface area contributed by atoms with Gasteiger partial charge in [-0.1, -0.05) is 84.1 Å². The molecule has 0 aliphatic carbocycles. The maximum atomic E-state index is 13.0. The van der Waals surface area contributed by atoms with E-state index in [9.17, 15) is 4.79 Å². The molecule has 2 heteroatoms. The molecule has 0 heterocycles. The quantitative estimate of drug-likeness (QED) is 0.188. The van der Waals surface area contributed by atoms with Crippen molar-refractivity contribution in [2.75, 3.05) is 0 Å². The summed E-state index contributed by atoms with van der Waals surface area (Å²) in [5.41, 5.74) is 2.03. The highest BCUT2D eigenvalue weighted by atomic mass is 16.5. The third kappa shape index (κ3) is 8.95. The van der Waals surface area contributed by atoms with Crippen LogP contribution in [0.3, 0.4) is 0 Å². The summed E-state index contributed by atoms with van der Waals surface area (Å²) in [6.07, 6.45) is 14.2. The molecule has 2 nitrogen and oxygen atoms in total. The van der Waals surface area contributed by atoms with Gasteiger partial charge in [-0.05, 0) is 56.9 Å². The van der Waals surface area contributed by atoms with Crippen LogP contribution in [0, 0.1) is 19.3 Å². The van der Waals surface area contributed by atoms with Crippen molar-refractivity contribution < 1.29 is 9.53 Å². The summed E-state index contributed by atoms with van der Waals surface area (Å²) in [4.78, 5) is 13.0. The van der Waals surface area contributed by atoms with Crippen LogP contribution in [-0.2, 0) is 4.79 Å². The Bertz CT molecular complexity index is 549. The van der Waals surface area contributed by atoms with Crippen molar-refractivity contribution in [2.24, 2.45) is 5.41 Å². The van der Waals surface area contributed by atoms with Gasteiger partial charge in [0.25, 0.3) is 0 Å². The Morgan fingerprint density at radius 1 is 0.815 bits per heavy atom. The van der Waals surface area contributed by atoms with E-state index in [1.165, 1.54) is 62.5 Å². The lowest BCUT2D eigenvalue weighted by atomic mass is 9.79. The number of carbonyl (C=O) groups is 1. The van der Waals surface area contributed by atoms with Crippen molar-refractivity contribution >= 4 is 5.97 Å². The summed E-state index contributed by atoms with van der Waals surface area (Å²) in [5, 5.41) is 0. The summed E-state index contributed by atoms with van der Waals surface area (Å²) < 4.78 is 5.83. The molecule has 0 spiro atoms. The smallest absolute Gasteiger partial charge is 0.317 e. The molecule has 0 aromatic heterocycles. The second-order valence-corrected chi connectivity index (χ2v) is 8.52.